The van der Waals surface area contributed by atoms with E-state index >= 15 is 0 Å². The van der Waals surface area contributed by atoms with E-state index in [9.17, 15) is 4.79 Å². The Kier molecular flexibility index (Phi) is 2.11. The van der Waals surface area contributed by atoms with Crippen LogP contribution in [0.4, 0.5) is 0 Å². The molecule has 4 nitrogen and oxygen atoms in total. The molecule has 0 bridgehead atoms. The van der Waals surface area contributed by atoms with Gasteiger partial charge in [0.15, 0.2) is 3.92 Å². The molecule has 0 fully saturated rings. The molecule has 0 aliphatic heterocycles. The maximum Gasteiger partial charge on any atom is 0.352 e. The summed E-state index contributed by atoms with van der Waals surface area (Å²) in [5, 5.41) is 8.98. The number of hydrogen-bond donors (Lipinski definition) is 1. The van der Waals surface area contributed by atoms with Gasteiger partial charge in [-0.25, -0.2) is 9.78 Å². The molecule has 0 radical (unpaired) electrons. The summed E-state index contributed by atoms with van der Waals surface area (Å²) in [7, 11) is 1.74. The zero-order valence-corrected chi connectivity index (χ0v) is 9.94. The lowest BCUT2D eigenvalue weighted by molar-refractivity contribution is 0.0686. The summed E-state index contributed by atoms with van der Waals surface area (Å²) in [6.07, 6.45) is 0. The van der Waals surface area contributed by atoms with E-state index in [1.54, 1.807) is 18.5 Å². The third-order valence-corrected chi connectivity index (χ3v) is 3.72. The molecule has 0 amide bonds. The molecule has 0 spiro atoms. The van der Waals surface area contributed by atoms with E-state index in [0.29, 0.717) is 5.69 Å². The van der Waals surface area contributed by atoms with Crippen molar-refractivity contribution in [1.82, 2.24) is 9.55 Å². The Morgan fingerprint density at radius 1 is 1.64 bits per heavy atom. The average molecular weight is 275 g/mol. The molecule has 0 aliphatic rings. The second-order valence-corrected chi connectivity index (χ2v) is 5.21. The first-order chi connectivity index (χ1) is 6.52. The van der Waals surface area contributed by atoms with Gasteiger partial charge >= 0.3 is 5.97 Å². The van der Waals surface area contributed by atoms with Crippen LogP contribution in [-0.4, -0.2) is 20.6 Å². The van der Waals surface area contributed by atoms with Crippen LogP contribution in [0.3, 0.4) is 0 Å². The molecule has 2 heterocycles. The van der Waals surface area contributed by atoms with E-state index in [4.69, 9.17) is 5.11 Å². The van der Waals surface area contributed by atoms with Crippen molar-refractivity contribution in [2.75, 3.05) is 0 Å². The van der Waals surface area contributed by atoms with Crippen molar-refractivity contribution < 1.29 is 9.90 Å². The van der Waals surface area contributed by atoms with Crippen LogP contribution in [0.25, 0.3) is 10.3 Å². The van der Waals surface area contributed by atoms with E-state index in [-0.39, 0.29) is 0 Å². The highest BCUT2D eigenvalue weighted by Crippen LogP contribution is 2.31. The smallest absolute Gasteiger partial charge is 0.352 e. The van der Waals surface area contributed by atoms with Gasteiger partial charge < -0.3 is 9.67 Å². The van der Waals surface area contributed by atoms with Crippen molar-refractivity contribution in [3.63, 3.8) is 0 Å². The monoisotopic (exact) mass is 274 g/mol. The number of thiazole rings is 1. The first-order valence-corrected chi connectivity index (χ1v) is 5.48. The van der Waals surface area contributed by atoms with Crippen LogP contribution in [0, 0.1) is 6.92 Å². The van der Waals surface area contributed by atoms with Crippen molar-refractivity contribution in [1.29, 1.82) is 0 Å². The molecular weight excluding hydrogens is 268 g/mol. The summed E-state index contributed by atoms with van der Waals surface area (Å²) in [6.45, 7) is 1.78. The molecule has 2 aromatic rings. The molecule has 0 atom stereocenters. The number of rotatable bonds is 1. The number of carboxylic acids is 1. The first kappa shape index (κ1) is 9.67. The summed E-state index contributed by atoms with van der Waals surface area (Å²) in [6, 6.07) is 0. The number of aromatic nitrogens is 2. The molecule has 2 aromatic heterocycles. The van der Waals surface area contributed by atoms with Gasteiger partial charge in [-0.1, -0.05) is 11.3 Å². The zero-order chi connectivity index (χ0) is 10.5. The minimum atomic E-state index is -0.911. The predicted octanol–water partition coefficient (Wildman–Crippen LogP) is 2.40. The molecule has 14 heavy (non-hydrogen) atoms. The lowest BCUT2D eigenvalue weighted by Crippen LogP contribution is -2.05. The molecule has 0 saturated heterocycles. The maximum atomic E-state index is 10.9. The van der Waals surface area contributed by atoms with Crippen molar-refractivity contribution in [2.45, 2.75) is 6.92 Å². The van der Waals surface area contributed by atoms with Gasteiger partial charge in [-0.3, -0.25) is 0 Å². The summed E-state index contributed by atoms with van der Waals surface area (Å²) < 4.78 is 2.44. The number of carboxylic acid groups (broad SMARTS) is 1. The Bertz CT molecular complexity index is 491. The lowest BCUT2D eigenvalue weighted by atomic mass is 10.2. The fraction of sp³-hybridized carbons (Fsp3) is 0.250. The number of aryl methyl sites for hydroxylation is 2. The molecule has 0 saturated carbocycles. The summed E-state index contributed by atoms with van der Waals surface area (Å²) in [5.41, 5.74) is 1.80. The van der Waals surface area contributed by atoms with Crippen molar-refractivity contribution in [3.8, 4) is 0 Å². The normalized spacial score (nSPS) is 11.1. The summed E-state index contributed by atoms with van der Waals surface area (Å²) in [4.78, 5) is 16.0. The van der Waals surface area contributed by atoms with E-state index < -0.39 is 5.97 Å². The third-order valence-electron chi connectivity index (χ3n) is 2.14. The van der Waals surface area contributed by atoms with Crippen LogP contribution < -0.4 is 0 Å². The molecule has 6 heteroatoms. The van der Waals surface area contributed by atoms with Gasteiger partial charge in [0.2, 0.25) is 0 Å². The Morgan fingerprint density at radius 3 is 2.79 bits per heavy atom. The van der Waals surface area contributed by atoms with Gasteiger partial charge in [-0.2, -0.15) is 0 Å². The summed E-state index contributed by atoms with van der Waals surface area (Å²) >= 11 is 4.72. The Morgan fingerprint density at radius 2 is 2.29 bits per heavy atom. The quantitative estimate of drug-likeness (QED) is 0.869. The second kappa shape index (κ2) is 3.06. The molecule has 0 aliphatic carbocycles. The van der Waals surface area contributed by atoms with Crippen molar-refractivity contribution >= 4 is 43.6 Å². The van der Waals surface area contributed by atoms with Crippen LogP contribution in [0.5, 0.6) is 0 Å². The lowest BCUT2D eigenvalue weighted by Gasteiger charge is -1.97. The summed E-state index contributed by atoms with van der Waals surface area (Å²) in [5.74, 6) is -0.911. The van der Waals surface area contributed by atoms with E-state index in [1.165, 1.54) is 11.3 Å². The predicted molar refractivity (Wildman–Crippen MR) is 58.0 cm³/mol. The highest BCUT2D eigenvalue weighted by atomic mass is 79.9. The van der Waals surface area contributed by atoms with E-state index in [2.05, 4.69) is 20.9 Å². The molecule has 1 N–H and O–H groups in total. The van der Waals surface area contributed by atoms with Crippen LogP contribution >= 0.6 is 27.3 Å². The largest absolute Gasteiger partial charge is 0.477 e. The number of aromatic carboxylic acids is 1. The van der Waals surface area contributed by atoms with E-state index in [0.717, 1.165) is 19.8 Å². The van der Waals surface area contributed by atoms with Crippen LogP contribution in [0.1, 0.15) is 16.1 Å². The third kappa shape index (κ3) is 1.18. The minimum Gasteiger partial charge on any atom is -0.477 e. The average Bonchev–Trinajstić information content (AvgIpc) is 2.54. The first-order valence-electron chi connectivity index (χ1n) is 3.87. The van der Waals surface area contributed by atoms with Crippen LogP contribution in [0.2, 0.25) is 0 Å². The van der Waals surface area contributed by atoms with E-state index in [1.807, 2.05) is 0 Å². The van der Waals surface area contributed by atoms with Crippen LogP contribution in [-0.2, 0) is 7.05 Å². The molecule has 0 aromatic carbocycles. The zero-order valence-electron chi connectivity index (χ0n) is 7.54. The van der Waals surface area contributed by atoms with Crippen molar-refractivity contribution in [3.05, 3.63) is 15.2 Å². The van der Waals surface area contributed by atoms with Gasteiger partial charge in [0.25, 0.3) is 0 Å². The fourth-order valence-electron chi connectivity index (χ4n) is 1.53. The van der Waals surface area contributed by atoms with Gasteiger partial charge in [-0.15, -0.1) is 0 Å². The van der Waals surface area contributed by atoms with Crippen LogP contribution in [0.15, 0.2) is 3.92 Å². The minimum absolute atomic E-state index is 0.311. The molecule has 2 rings (SSSR count). The highest BCUT2D eigenvalue weighted by molar-refractivity contribution is 9.11. The number of hydrogen-bond acceptors (Lipinski definition) is 3. The van der Waals surface area contributed by atoms with Crippen molar-refractivity contribution in [2.24, 2.45) is 7.05 Å². The second-order valence-electron chi connectivity index (χ2n) is 2.96. The number of halogens is 1. The maximum absolute atomic E-state index is 10.9. The number of carbonyl (C=O) groups is 1. The standard InChI is InChI=1S/C8H7BrN2O2S/c1-3-4-6(14-8(9)10-4)11(2)5(3)7(12)13/h1-2H3,(H,12,13). The van der Waals surface area contributed by atoms with Gasteiger partial charge in [-0.05, 0) is 22.9 Å². The molecule has 74 valence electrons. The topological polar surface area (TPSA) is 55.1 Å². The van der Waals surface area contributed by atoms with Gasteiger partial charge in [0.05, 0.1) is 0 Å². The number of nitrogens with zero attached hydrogens (tertiary/aromatic N) is 2. The van der Waals surface area contributed by atoms with Gasteiger partial charge in [0, 0.05) is 12.6 Å². The molecule has 0 unspecified atom stereocenters. The Hall–Kier alpha value is -0.880. The Balaban J connectivity index is 2.88. The fourth-order valence-corrected chi connectivity index (χ4v) is 2.98. The highest BCUT2D eigenvalue weighted by Gasteiger charge is 2.20. The van der Waals surface area contributed by atoms with Gasteiger partial charge in [0.1, 0.15) is 16.0 Å². The Labute approximate surface area is 92.3 Å². The SMILES string of the molecule is Cc1c(C(=O)O)n(C)c2sc(Br)nc12. The number of fused-ring (bicyclic) bond motifs is 1. The molecular formula is C8H7BrN2O2S.